The number of amides is 1. The van der Waals surface area contributed by atoms with E-state index < -0.39 is 0 Å². The SMILES string of the molecule is COc1ccc2nc(C(=O)N3CC(C)C(N(C)C)C3)ccc2c1. The van der Waals surface area contributed by atoms with Gasteiger partial charge in [0.1, 0.15) is 11.4 Å². The van der Waals surface area contributed by atoms with Crippen LogP contribution in [0, 0.1) is 5.92 Å². The number of aromatic nitrogens is 1. The normalized spacial score (nSPS) is 21.2. The molecule has 1 aliphatic rings. The van der Waals surface area contributed by atoms with E-state index in [2.05, 4.69) is 30.9 Å². The minimum absolute atomic E-state index is 0.0129. The number of likely N-dealkylation sites (tertiary alicyclic amines) is 1. The third-order valence-electron chi connectivity index (χ3n) is 4.64. The number of ether oxygens (including phenoxy) is 1. The molecule has 2 atom stereocenters. The molecule has 1 amide bonds. The van der Waals surface area contributed by atoms with Crippen molar-refractivity contribution in [3.63, 3.8) is 0 Å². The second kappa shape index (κ2) is 6.16. The molecule has 0 N–H and O–H groups in total. The van der Waals surface area contributed by atoms with Crippen molar-refractivity contribution < 1.29 is 9.53 Å². The Hall–Kier alpha value is -2.14. The van der Waals surface area contributed by atoms with Crippen LogP contribution in [0.15, 0.2) is 30.3 Å². The van der Waals surface area contributed by atoms with Crippen LogP contribution in [0.3, 0.4) is 0 Å². The number of likely N-dealkylation sites (N-methyl/N-ethyl adjacent to an activating group) is 1. The van der Waals surface area contributed by atoms with Crippen molar-refractivity contribution >= 4 is 16.8 Å². The van der Waals surface area contributed by atoms with Gasteiger partial charge in [-0.2, -0.15) is 0 Å². The second-order valence-electron chi connectivity index (χ2n) is 6.47. The first-order chi connectivity index (χ1) is 11.0. The summed E-state index contributed by atoms with van der Waals surface area (Å²) in [5.74, 6) is 1.28. The Balaban J connectivity index is 1.84. The van der Waals surface area contributed by atoms with Gasteiger partial charge in [-0.05, 0) is 44.3 Å². The van der Waals surface area contributed by atoms with E-state index in [1.54, 1.807) is 13.2 Å². The topological polar surface area (TPSA) is 45.7 Å². The van der Waals surface area contributed by atoms with Crippen LogP contribution in [-0.4, -0.2) is 61.0 Å². The van der Waals surface area contributed by atoms with E-state index in [9.17, 15) is 4.79 Å². The van der Waals surface area contributed by atoms with Gasteiger partial charge >= 0.3 is 0 Å². The number of pyridine rings is 1. The van der Waals surface area contributed by atoms with E-state index in [1.165, 1.54) is 0 Å². The standard InChI is InChI=1S/C18H23N3O2/c1-12-10-21(11-17(12)20(2)3)18(22)16-7-5-13-9-14(23-4)6-8-15(13)19-16/h5-9,12,17H,10-11H2,1-4H3. The van der Waals surface area contributed by atoms with Gasteiger partial charge in [0.2, 0.25) is 0 Å². The predicted octanol–water partition coefficient (Wildman–Crippen LogP) is 2.27. The summed E-state index contributed by atoms with van der Waals surface area (Å²) in [4.78, 5) is 21.4. The molecule has 5 nitrogen and oxygen atoms in total. The number of benzene rings is 1. The monoisotopic (exact) mass is 313 g/mol. The molecule has 23 heavy (non-hydrogen) atoms. The molecular weight excluding hydrogens is 290 g/mol. The Morgan fingerprint density at radius 3 is 2.70 bits per heavy atom. The van der Waals surface area contributed by atoms with Crippen LogP contribution in [0.5, 0.6) is 5.75 Å². The van der Waals surface area contributed by atoms with Gasteiger partial charge in [0.05, 0.1) is 12.6 Å². The summed E-state index contributed by atoms with van der Waals surface area (Å²) in [7, 11) is 5.77. The summed E-state index contributed by atoms with van der Waals surface area (Å²) in [6.07, 6.45) is 0. The molecule has 1 fully saturated rings. The molecule has 122 valence electrons. The van der Waals surface area contributed by atoms with Gasteiger partial charge in [0.15, 0.2) is 0 Å². The first-order valence-corrected chi connectivity index (χ1v) is 7.90. The lowest BCUT2D eigenvalue weighted by atomic mass is 10.1. The zero-order valence-corrected chi connectivity index (χ0v) is 14.1. The van der Waals surface area contributed by atoms with Crippen LogP contribution in [0.2, 0.25) is 0 Å². The Labute approximate surface area is 136 Å². The highest BCUT2D eigenvalue weighted by Crippen LogP contribution is 2.23. The van der Waals surface area contributed by atoms with E-state index in [0.717, 1.165) is 29.7 Å². The zero-order valence-electron chi connectivity index (χ0n) is 14.1. The molecule has 0 spiro atoms. The van der Waals surface area contributed by atoms with Crippen molar-refractivity contribution in [1.82, 2.24) is 14.8 Å². The summed E-state index contributed by atoms with van der Waals surface area (Å²) in [6, 6.07) is 9.82. The van der Waals surface area contributed by atoms with Gasteiger partial charge in [-0.15, -0.1) is 0 Å². The number of hydrogen-bond acceptors (Lipinski definition) is 4. The molecule has 0 aliphatic carbocycles. The molecule has 0 radical (unpaired) electrons. The van der Waals surface area contributed by atoms with E-state index >= 15 is 0 Å². The molecule has 2 unspecified atom stereocenters. The second-order valence-corrected chi connectivity index (χ2v) is 6.47. The fourth-order valence-corrected chi connectivity index (χ4v) is 3.30. The maximum atomic E-state index is 12.7. The average molecular weight is 313 g/mol. The van der Waals surface area contributed by atoms with Gasteiger partial charge in [-0.25, -0.2) is 4.98 Å². The Bertz CT molecular complexity index is 729. The molecule has 1 aromatic heterocycles. The molecule has 2 aromatic rings. The van der Waals surface area contributed by atoms with Crippen molar-refractivity contribution in [1.29, 1.82) is 0 Å². The molecule has 5 heteroatoms. The van der Waals surface area contributed by atoms with Crippen LogP contribution < -0.4 is 4.74 Å². The minimum atomic E-state index is 0.0129. The molecule has 3 rings (SSSR count). The fourth-order valence-electron chi connectivity index (χ4n) is 3.30. The van der Waals surface area contributed by atoms with E-state index in [1.807, 2.05) is 29.2 Å². The van der Waals surface area contributed by atoms with Crippen LogP contribution >= 0.6 is 0 Å². The van der Waals surface area contributed by atoms with Gasteiger partial charge in [0.25, 0.3) is 5.91 Å². The maximum Gasteiger partial charge on any atom is 0.272 e. The summed E-state index contributed by atoms with van der Waals surface area (Å²) in [6.45, 7) is 3.73. The van der Waals surface area contributed by atoms with E-state index in [0.29, 0.717) is 17.7 Å². The fraction of sp³-hybridized carbons (Fsp3) is 0.444. The molecule has 2 heterocycles. The van der Waals surface area contributed by atoms with Gasteiger partial charge in [-0.3, -0.25) is 4.79 Å². The molecule has 1 saturated heterocycles. The lowest BCUT2D eigenvalue weighted by molar-refractivity contribution is 0.0776. The van der Waals surface area contributed by atoms with Crippen LogP contribution in [0.1, 0.15) is 17.4 Å². The van der Waals surface area contributed by atoms with Gasteiger partial charge in [0, 0.05) is 24.5 Å². The maximum absolute atomic E-state index is 12.7. The van der Waals surface area contributed by atoms with Crippen molar-refractivity contribution in [3.8, 4) is 5.75 Å². The van der Waals surface area contributed by atoms with Crippen molar-refractivity contribution in [2.45, 2.75) is 13.0 Å². The predicted molar refractivity (Wildman–Crippen MR) is 90.8 cm³/mol. The number of carbonyl (C=O) groups excluding carboxylic acids is 1. The van der Waals surface area contributed by atoms with Crippen molar-refractivity contribution in [3.05, 3.63) is 36.0 Å². The third-order valence-corrected chi connectivity index (χ3v) is 4.64. The Morgan fingerprint density at radius 2 is 2.04 bits per heavy atom. The minimum Gasteiger partial charge on any atom is -0.497 e. The molecule has 0 bridgehead atoms. The number of nitrogens with zero attached hydrogens (tertiary/aromatic N) is 3. The van der Waals surface area contributed by atoms with Crippen LogP contribution in [0.25, 0.3) is 10.9 Å². The highest BCUT2D eigenvalue weighted by molar-refractivity contribution is 5.95. The van der Waals surface area contributed by atoms with Crippen molar-refractivity contribution in [2.75, 3.05) is 34.3 Å². The smallest absolute Gasteiger partial charge is 0.272 e. The first kappa shape index (κ1) is 15.7. The van der Waals surface area contributed by atoms with Crippen LogP contribution in [0.4, 0.5) is 0 Å². The highest BCUT2D eigenvalue weighted by Gasteiger charge is 2.34. The largest absolute Gasteiger partial charge is 0.497 e. The first-order valence-electron chi connectivity index (χ1n) is 7.90. The van der Waals surface area contributed by atoms with Gasteiger partial charge < -0.3 is 14.5 Å². The molecule has 1 aromatic carbocycles. The lowest BCUT2D eigenvalue weighted by Gasteiger charge is -2.22. The number of rotatable bonds is 3. The van der Waals surface area contributed by atoms with Crippen molar-refractivity contribution in [2.24, 2.45) is 5.92 Å². The third kappa shape index (κ3) is 3.01. The molecule has 0 saturated carbocycles. The quantitative estimate of drug-likeness (QED) is 0.872. The van der Waals surface area contributed by atoms with Gasteiger partial charge in [-0.1, -0.05) is 13.0 Å². The summed E-state index contributed by atoms with van der Waals surface area (Å²) in [5.41, 5.74) is 1.32. The summed E-state index contributed by atoms with van der Waals surface area (Å²) >= 11 is 0. The summed E-state index contributed by atoms with van der Waals surface area (Å²) in [5, 5.41) is 0.974. The lowest BCUT2D eigenvalue weighted by Crippen LogP contribution is -2.36. The summed E-state index contributed by atoms with van der Waals surface area (Å²) < 4.78 is 5.22. The number of hydrogen-bond donors (Lipinski definition) is 0. The van der Waals surface area contributed by atoms with Crippen LogP contribution in [-0.2, 0) is 0 Å². The Morgan fingerprint density at radius 1 is 1.26 bits per heavy atom. The number of methoxy groups -OCH3 is 1. The van der Waals surface area contributed by atoms with E-state index in [-0.39, 0.29) is 5.91 Å². The molecular formula is C18H23N3O2. The average Bonchev–Trinajstić information content (AvgIpc) is 2.95. The number of fused-ring (bicyclic) bond motifs is 1. The highest BCUT2D eigenvalue weighted by atomic mass is 16.5. The van der Waals surface area contributed by atoms with E-state index in [4.69, 9.17) is 4.74 Å². The Kier molecular flexibility index (Phi) is 4.22. The molecule has 1 aliphatic heterocycles. The number of carbonyl (C=O) groups is 1. The zero-order chi connectivity index (χ0) is 16.6.